The lowest BCUT2D eigenvalue weighted by Crippen LogP contribution is -2.27. The van der Waals surface area contributed by atoms with Crippen molar-refractivity contribution in [3.05, 3.63) is 144 Å². The molecule has 2 aliphatic rings. The topological polar surface area (TPSA) is 97.5 Å². The van der Waals surface area contributed by atoms with E-state index in [0.29, 0.717) is 31.4 Å². The number of ether oxygens (including phenoxy) is 4. The number of methoxy groups -OCH3 is 4. The van der Waals surface area contributed by atoms with Crippen LogP contribution in [0.2, 0.25) is 0 Å². The van der Waals surface area contributed by atoms with Crippen molar-refractivity contribution in [3.63, 3.8) is 0 Å². The zero-order valence-electron chi connectivity index (χ0n) is 36.0. The average Bonchev–Trinajstić information content (AvgIpc) is 4.18. The number of hydrogen-bond donors (Lipinski definition) is 2. The van der Waals surface area contributed by atoms with Gasteiger partial charge in [-0.25, -0.2) is 9.97 Å². The highest BCUT2D eigenvalue weighted by Crippen LogP contribution is 2.40. The molecule has 3 aromatic heterocycles. The quantitative estimate of drug-likeness (QED) is 0.105. The fourth-order valence-electron chi connectivity index (χ4n) is 8.56. The van der Waals surface area contributed by atoms with Crippen LogP contribution in [0.4, 0.5) is 0 Å². The molecule has 9 rings (SSSR count). The predicted molar refractivity (Wildman–Crippen MR) is 264 cm³/mol. The maximum absolute atomic E-state index is 6.26. The fourth-order valence-corrected chi connectivity index (χ4v) is 9.04. The molecular formula is C53H47Cl2N5O4. The molecule has 8 bridgehead atoms. The first-order valence-electron chi connectivity index (χ1n) is 21.0. The van der Waals surface area contributed by atoms with Gasteiger partial charge in [0.15, 0.2) is 0 Å². The van der Waals surface area contributed by atoms with E-state index in [1.807, 2.05) is 54.6 Å². The summed E-state index contributed by atoms with van der Waals surface area (Å²) in [5.41, 5.74) is 15.2. The lowest BCUT2D eigenvalue weighted by atomic mass is 9.99. The number of benzene rings is 4. The number of nitrogens with one attached hydrogen (secondary N) is 2. The second-order valence-electron chi connectivity index (χ2n) is 15.4. The zero-order valence-corrected chi connectivity index (χ0v) is 37.6. The smallest absolute Gasteiger partial charge is 0.123 e. The van der Waals surface area contributed by atoms with Gasteiger partial charge in [0, 0.05) is 81.3 Å². The lowest BCUT2D eigenvalue weighted by Gasteiger charge is -2.22. The van der Waals surface area contributed by atoms with E-state index in [4.69, 9.17) is 52.1 Å². The molecule has 2 aliphatic heterocycles. The molecule has 64 heavy (non-hydrogen) atoms. The first kappa shape index (κ1) is 42.5. The van der Waals surface area contributed by atoms with E-state index in [-0.39, 0.29) is 0 Å². The summed E-state index contributed by atoms with van der Waals surface area (Å²) in [5, 5.41) is 0. The van der Waals surface area contributed by atoms with Crippen LogP contribution >= 0.6 is 23.2 Å². The van der Waals surface area contributed by atoms with Gasteiger partial charge in [-0.2, -0.15) is 0 Å². The summed E-state index contributed by atoms with van der Waals surface area (Å²) in [6.07, 6.45) is 8.32. The van der Waals surface area contributed by atoms with Gasteiger partial charge in [0.25, 0.3) is 0 Å². The van der Waals surface area contributed by atoms with Crippen LogP contribution in [-0.2, 0) is 6.54 Å². The molecule has 7 aromatic rings. The van der Waals surface area contributed by atoms with Gasteiger partial charge < -0.3 is 28.9 Å². The van der Waals surface area contributed by atoms with Gasteiger partial charge in [-0.05, 0) is 119 Å². The molecule has 0 spiro atoms. The molecule has 0 aliphatic carbocycles. The molecular weight excluding hydrogens is 842 g/mol. The second kappa shape index (κ2) is 18.9. The SMILES string of the molecule is COc1cccc(-c2c3nc(c(-c4ccc(OC)c(CN(CCCl)CCCl)c4)c4nc(c(-c5cccc(OC)c5)c5ccc([nH]5)c(-c5cccc(OC)c5)c5ccc2[nH]5)C=C4)C=C3)c1. The third-order valence-electron chi connectivity index (χ3n) is 11.6. The molecule has 4 aromatic carbocycles. The van der Waals surface area contributed by atoms with E-state index in [1.165, 1.54) is 0 Å². The molecule has 0 atom stereocenters. The van der Waals surface area contributed by atoms with Gasteiger partial charge in [-0.3, -0.25) is 4.90 Å². The normalized spacial score (nSPS) is 11.9. The van der Waals surface area contributed by atoms with Crippen LogP contribution in [-0.4, -0.2) is 78.1 Å². The molecule has 0 amide bonds. The van der Waals surface area contributed by atoms with Gasteiger partial charge >= 0.3 is 0 Å². The van der Waals surface area contributed by atoms with Gasteiger partial charge in [0.2, 0.25) is 0 Å². The molecule has 322 valence electrons. The summed E-state index contributed by atoms with van der Waals surface area (Å²) < 4.78 is 23.1. The zero-order chi connectivity index (χ0) is 44.2. The summed E-state index contributed by atoms with van der Waals surface area (Å²) in [7, 11) is 6.75. The molecule has 5 heterocycles. The molecule has 0 radical (unpaired) electrons. The van der Waals surface area contributed by atoms with Crippen LogP contribution in [0.5, 0.6) is 23.0 Å². The summed E-state index contributed by atoms with van der Waals surface area (Å²) in [6, 6.07) is 39.0. The maximum Gasteiger partial charge on any atom is 0.123 e. The fraction of sp³-hybridized carbons (Fsp3) is 0.170. The number of aromatic amines is 2. The highest BCUT2D eigenvalue weighted by atomic mass is 35.5. The minimum Gasteiger partial charge on any atom is -0.497 e. The number of nitrogens with zero attached hydrogens (tertiary/aromatic N) is 3. The molecule has 11 heteroatoms. The van der Waals surface area contributed by atoms with Crippen molar-refractivity contribution in [1.29, 1.82) is 0 Å². The van der Waals surface area contributed by atoms with Crippen molar-refractivity contribution in [1.82, 2.24) is 24.8 Å². The van der Waals surface area contributed by atoms with Gasteiger partial charge in [-0.1, -0.05) is 42.5 Å². The molecule has 0 unspecified atom stereocenters. The first-order chi connectivity index (χ1) is 31.4. The third kappa shape index (κ3) is 8.50. The number of fused-ring (bicyclic) bond motifs is 8. The maximum atomic E-state index is 6.26. The highest BCUT2D eigenvalue weighted by Gasteiger charge is 2.21. The van der Waals surface area contributed by atoms with E-state index in [1.54, 1.807) is 28.4 Å². The Labute approximate surface area is 382 Å². The van der Waals surface area contributed by atoms with Crippen LogP contribution in [0.15, 0.2) is 115 Å². The standard InChI is InChI=1S/C53H47Cl2N5O4/c1-61-38-11-5-8-33(29-38)50-41-15-17-43(56-41)51(34-9-6-12-39(30-34)62-2)45-19-21-47(58-45)53(36-14-23-49(64-4)37(28-36)32-60(26-24-54)27-25-55)48-22-20-46(59-48)52(44-18-16-42(50)57-44)35-10-7-13-40(31-35)63-3/h5-23,28-31,56-57H,24-27,32H2,1-4H3. The monoisotopic (exact) mass is 887 g/mol. The summed E-state index contributed by atoms with van der Waals surface area (Å²) >= 11 is 12.5. The van der Waals surface area contributed by atoms with Crippen molar-refractivity contribution in [2.24, 2.45) is 0 Å². The number of rotatable bonds is 14. The molecule has 0 saturated carbocycles. The molecule has 0 fully saturated rings. The van der Waals surface area contributed by atoms with Crippen LogP contribution in [0, 0.1) is 0 Å². The Balaban J connectivity index is 1.42. The Morgan fingerprint density at radius 1 is 0.453 bits per heavy atom. The number of H-pyrrole nitrogens is 2. The van der Waals surface area contributed by atoms with Crippen LogP contribution in [0.25, 0.3) is 90.9 Å². The van der Waals surface area contributed by atoms with E-state index in [0.717, 1.165) is 118 Å². The molecule has 9 nitrogen and oxygen atoms in total. The second-order valence-corrected chi connectivity index (χ2v) is 16.1. The lowest BCUT2D eigenvalue weighted by molar-refractivity contribution is 0.292. The van der Waals surface area contributed by atoms with Crippen molar-refractivity contribution in [2.75, 3.05) is 53.3 Å². The third-order valence-corrected chi connectivity index (χ3v) is 11.9. The number of alkyl halides is 2. The first-order valence-corrected chi connectivity index (χ1v) is 22.1. The Hall–Kier alpha value is -6.78. The number of hydrogen-bond acceptors (Lipinski definition) is 7. The summed E-state index contributed by atoms with van der Waals surface area (Å²) in [6.45, 7) is 1.97. The summed E-state index contributed by atoms with van der Waals surface area (Å²) in [5.74, 6) is 3.98. The number of aromatic nitrogens is 4. The van der Waals surface area contributed by atoms with Gasteiger partial charge in [0.05, 0.1) is 51.2 Å². The molecule has 2 N–H and O–H groups in total. The average molecular weight is 889 g/mol. The van der Waals surface area contributed by atoms with Gasteiger partial charge in [0.1, 0.15) is 23.0 Å². The van der Waals surface area contributed by atoms with E-state index in [9.17, 15) is 0 Å². The van der Waals surface area contributed by atoms with Crippen LogP contribution in [0.3, 0.4) is 0 Å². The Kier molecular flexibility index (Phi) is 12.6. The Morgan fingerprint density at radius 2 is 0.859 bits per heavy atom. The highest BCUT2D eigenvalue weighted by molar-refractivity contribution is 6.18. The van der Waals surface area contributed by atoms with E-state index in [2.05, 4.69) is 99.8 Å². The van der Waals surface area contributed by atoms with E-state index >= 15 is 0 Å². The summed E-state index contributed by atoms with van der Waals surface area (Å²) in [4.78, 5) is 20.9. The van der Waals surface area contributed by atoms with Gasteiger partial charge in [-0.15, -0.1) is 23.2 Å². The van der Waals surface area contributed by atoms with Crippen molar-refractivity contribution < 1.29 is 18.9 Å². The minimum absolute atomic E-state index is 0.486. The Bertz CT molecular complexity index is 2950. The van der Waals surface area contributed by atoms with E-state index < -0.39 is 0 Å². The van der Waals surface area contributed by atoms with Crippen molar-refractivity contribution in [3.8, 4) is 67.5 Å². The van der Waals surface area contributed by atoms with Crippen LogP contribution < -0.4 is 18.9 Å². The minimum atomic E-state index is 0.486. The van der Waals surface area contributed by atoms with Crippen molar-refractivity contribution >= 4 is 69.6 Å². The van der Waals surface area contributed by atoms with Crippen molar-refractivity contribution in [2.45, 2.75) is 6.54 Å². The largest absolute Gasteiger partial charge is 0.497 e. The number of halogens is 2. The Morgan fingerprint density at radius 3 is 1.28 bits per heavy atom. The predicted octanol–water partition coefficient (Wildman–Crippen LogP) is 12.6. The van der Waals surface area contributed by atoms with Crippen LogP contribution in [0.1, 0.15) is 28.3 Å². The molecule has 0 saturated heterocycles.